The lowest BCUT2D eigenvalue weighted by Crippen LogP contribution is -2.41. The van der Waals surface area contributed by atoms with Gasteiger partial charge in [0.2, 0.25) is 5.91 Å². The first-order valence-corrected chi connectivity index (χ1v) is 10.5. The van der Waals surface area contributed by atoms with E-state index in [0.29, 0.717) is 0 Å². The normalized spacial score (nSPS) is 11.1. The Morgan fingerprint density at radius 2 is 1.82 bits per heavy atom. The SMILES string of the molecule is COCCn1c(N)c(N(Cc2ccccc2)C(=O)Cc2c[nH]c3ccccc23)c(=O)[nH]c1=O. The molecule has 0 bridgehead atoms. The maximum atomic E-state index is 13.6. The predicted octanol–water partition coefficient (Wildman–Crippen LogP) is 2.02. The summed E-state index contributed by atoms with van der Waals surface area (Å²) in [6.07, 6.45) is 1.84. The van der Waals surface area contributed by atoms with E-state index in [9.17, 15) is 14.4 Å². The van der Waals surface area contributed by atoms with Gasteiger partial charge in [-0.3, -0.25) is 24.0 Å². The van der Waals surface area contributed by atoms with E-state index in [4.69, 9.17) is 10.5 Å². The fourth-order valence-electron chi connectivity index (χ4n) is 3.84. The standard InChI is InChI=1S/C24H25N5O4/c1-33-12-11-28-22(25)21(23(31)27-24(28)32)29(15-16-7-3-2-4-8-16)20(30)13-17-14-26-19-10-6-5-9-18(17)19/h2-10,14,26H,11-13,15,25H2,1H3,(H,27,31,32). The Bertz CT molecular complexity index is 1390. The summed E-state index contributed by atoms with van der Waals surface area (Å²) in [4.78, 5) is 45.5. The zero-order chi connectivity index (χ0) is 23.4. The number of hydrogen-bond donors (Lipinski definition) is 3. The van der Waals surface area contributed by atoms with Crippen molar-refractivity contribution in [3.63, 3.8) is 0 Å². The summed E-state index contributed by atoms with van der Waals surface area (Å²) in [6.45, 7) is 0.482. The number of nitrogens with one attached hydrogen (secondary N) is 2. The van der Waals surface area contributed by atoms with Crippen LogP contribution >= 0.6 is 0 Å². The second-order valence-corrected chi connectivity index (χ2v) is 7.64. The molecule has 0 atom stereocenters. The number of carbonyl (C=O) groups is 1. The first-order chi connectivity index (χ1) is 16.0. The highest BCUT2D eigenvalue weighted by Crippen LogP contribution is 2.23. The monoisotopic (exact) mass is 447 g/mol. The van der Waals surface area contributed by atoms with Crippen LogP contribution in [0.3, 0.4) is 0 Å². The average molecular weight is 447 g/mol. The van der Waals surface area contributed by atoms with Crippen LogP contribution in [0.1, 0.15) is 11.1 Å². The van der Waals surface area contributed by atoms with Crippen LogP contribution in [-0.2, 0) is 29.0 Å². The molecule has 4 N–H and O–H groups in total. The number of para-hydroxylation sites is 1. The number of carbonyl (C=O) groups excluding carboxylic acids is 1. The maximum absolute atomic E-state index is 13.6. The molecule has 0 unspecified atom stereocenters. The van der Waals surface area contributed by atoms with Gasteiger partial charge in [-0.2, -0.15) is 0 Å². The Morgan fingerprint density at radius 1 is 1.09 bits per heavy atom. The highest BCUT2D eigenvalue weighted by atomic mass is 16.5. The first-order valence-electron chi connectivity index (χ1n) is 10.5. The van der Waals surface area contributed by atoms with E-state index in [0.717, 1.165) is 22.0 Å². The number of nitrogens with zero attached hydrogens (tertiary/aromatic N) is 2. The van der Waals surface area contributed by atoms with Gasteiger partial charge in [0, 0.05) is 24.2 Å². The molecule has 170 valence electrons. The zero-order valence-electron chi connectivity index (χ0n) is 18.2. The summed E-state index contributed by atoms with van der Waals surface area (Å²) < 4.78 is 6.25. The molecule has 33 heavy (non-hydrogen) atoms. The highest BCUT2D eigenvalue weighted by Gasteiger charge is 2.25. The van der Waals surface area contributed by atoms with E-state index < -0.39 is 11.2 Å². The van der Waals surface area contributed by atoms with Crippen LogP contribution in [0.25, 0.3) is 10.9 Å². The molecule has 2 aromatic heterocycles. The van der Waals surface area contributed by atoms with Crippen molar-refractivity contribution in [1.82, 2.24) is 14.5 Å². The van der Waals surface area contributed by atoms with Gasteiger partial charge in [0.1, 0.15) is 5.82 Å². The number of methoxy groups -OCH3 is 1. The average Bonchev–Trinajstić information content (AvgIpc) is 3.21. The molecule has 0 aliphatic rings. The molecule has 1 amide bonds. The van der Waals surface area contributed by atoms with E-state index >= 15 is 0 Å². The van der Waals surface area contributed by atoms with Crippen molar-refractivity contribution in [3.8, 4) is 0 Å². The third-order valence-corrected chi connectivity index (χ3v) is 5.50. The van der Waals surface area contributed by atoms with Crippen molar-refractivity contribution in [2.75, 3.05) is 24.4 Å². The topological polar surface area (TPSA) is 126 Å². The molecule has 0 radical (unpaired) electrons. The molecule has 4 aromatic rings. The van der Waals surface area contributed by atoms with Gasteiger partial charge in [-0.05, 0) is 17.2 Å². The predicted molar refractivity (Wildman–Crippen MR) is 127 cm³/mol. The number of fused-ring (bicyclic) bond motifs is 1. The Labute approximate surface area is 189 Å². The number of H-pyrrole nitrogens is 2. The number of hydrogen-bond acceptors (Lipinski definition) is 5. The molecular formula is C24H25N5O4. The maximum Gasteiger partial charge on any atom is 0.330 e. The van der Waals surface area contributed by atoms with Crippen molar-refractivity contribution in [1.29, 1.82) is 0 Å². The van der Waals surface area contributed by atoms with Gasteiger partial charge in [0.05, 0.1) is 26.1 Å². The van der Waals surface area contributed by atoms with Crippen molar-refractivity contribution in [2.24, 2.45) is 0 Å². The van der Waals surface area contributed by atoms with Crippen LogP contribution in [0.5, 0.6) is 0 Å². The van der Waals surface area contributed by atoms with E-state index in [1.807, 2.05) is 54.6 Å². The molecule has 0 saturated heterocycles. The second kappa shape index (κ2) is 9.58. The number of nitrogen functional groups attached to an aromatic ring is 1. The third-order valence-electron chi connectivity index (χ3n) is 5.50. The van der Waals surface area contributed by atoms with Crippen LogP contribution < -0.4 is 21.9 Å². The van der Waals surface area contributed by atoms with E-state index in [1.54, 1.807) is 6.20 Å². The fraction of sp³-hybridized carbons (Fsp3) is 0.208. The quantitative estimate of drug-likeness (QED) is 0.381. The molecule has 0 spiro atoms. The summed E-state index contributed by atoms with van der Waals surface area (Å²) in [7, 11) is 1.50. The molecule has 9 nitrogen and oxygen atoms in total. The van der Waals surface area contributed by atoms with Gasteiger partial charge in [-0.15, -0.1) is 0 Å². The van der Waals surface area contributed by atoms with E-state index in [1.165, 1.54) is 16.6 Å². The van der Waals surface area contributed by atoms with E-state index in [-0.39, 0.29) is 43.5 Å². The second-order valence-electron chi connectivity index (χ2n) is 7.64. The summed E-state index contributed by atoms with van der Waals surface area (Å²) in [5, 5.41) is 0.928. The number of aromatic nitrogens is 3. The number of anilines is 2. The van der Waals surface area contributed by atoms with Crippen molar-refractivity contribution in [2.45, 2.75) is 19.5 Å². The minimum absolute atomic E-state index is 0.0485. The number of nitrogens with two attached hydrogens (primary N) is 1. The summed E-state index contributed by atoms with van der Waals surface area (Å²) in [5.41, 5.74) is 7.39. The molecule has 2 aromatic carbocycles. The van der Waals surface area contributed by atoms with Crippen molar-refractivity contribution in [3.05, 3.63) is 92.8 Å². The number of aromatic amines is 2. The minimum Gasteiger partial charge on any atom is -0.383 e. The molecule has 0 aliphatic carbocycles. The van der Waals surface area contributed by atoms with Gasteiger partial charge >= 0.3 is 5.69 Å². The summed E-state index contributed by atoms with van der Waals surface area (Å²) in [6, 6.07) is 17.0. The number of rotatable bonds is 8. The highest BCUT2D eigenvalue weighted by molar-refractivity contribution is 5.99. The number of ether oxygens (including phenoxy) is 1. The van der Waals surface area contributed by atoms with Gasteiger partial charge in [0.25, 0.3) is 5.56 Å². The van der Waals surface area contributed by atoms with Gasteiger partial charge in [-0.1, -0.05) is 48.5 Å². The largest absolute Gasteiger partial charge is 0.383 e. The molecule has 2 heterocycles. The van der Waals surface area contributed by atoms with Crippen LogP contribution in [0.15, 0.2) is 70.4 Å². The summed E-state index contributed by atoms with van der Waals surface area (Å²) in [5.74, 6) is -0.401. The van der Waals surface area contributed by atoms with E-state index in [2.05, 4.69) is 9.97 Å². The molecule has 0 fully saturated rings. The van der Waals surface area contributed by atoms with Crippen LogP contribution in [0.4, 0.5) is 11.5 Å². The molecular weight excluding hydrogens is 422 g/mol. The summed E-state index contributed by atoms with van der Waals surface area (Å²) >= 11 is 0. The smallest absolute Gasteiger partial charge is 0.330 e. The number of benzene rings is 2. The lowest BCUT2D eigenvalue weighted by Gasteiger charge is -2.25. The van der Waals surface area contributed by atoms with Crippen molar-refractivity contribution < 1.29 is 9.53 Å². The van der Waals surface area contributed by atoms with Crippen molar-refractivity contribution >= 4 is 28.3 Å². The lowest BCUT2D eigenvalue weighted by molar-refractivity contribution is -0.118. The fourth-order valence-corrected chi connectivity index (χ4v) is 3.84. The molecule has 0 saturated carbocycles. The minimum atomic E-state index is -0.714. The molecule has 0 aliphatic heterocycles. The lowest BCUT2D eigenvalue weighted by atomic mass is 10.1. The van der Waals surface area contributed by atoms with Crippen LogP contribution in [0.2, 0.25) is 0 Å². The van der Waals surface area contributed by atoms with Gasteiger partial charge in [0.15, 0.2) is 5.69 Å². The Hall–Kier alpha value is -4.11. The van der Waals surface area contributed by atoms with Gasteiger partial charge in [-0.25, -0.2) is 4.79 Å². The van der Waals surface area contributed by atoms with Crippen LogP contribution in [-0.4, -0.2) is 34.2 Å². The zero-order valence-corrected chi connectivity index (χ0v) is 18.2. The number of amides is 1. The first kappa shape index (κ1) is 22.1. The molecule has 9 heteroatoms. The Morgan fingerprint density at radius 3 is 2.58 bits per heavy atom. The van der Waals surface area contributed by atoms with Crippen LogP contribution in [0, 0.1) is 0 Å². The Kier molecular flexibility index (Phi) is 6.41. The third kappa shape index (κ3) is 4.58. The Balaban J connectivity index is 1.78. The van der Waals surface area contributed by atoms with Gasteiger partial charge < -0.3 is 15.5 Å². The molecule has 4 rings (SSSR count).